The number of aromatic nitrogens is 5. The van der Waals surface area contributed by atoms with Gasteiger partial charge in [-0.15, -0.1) is 19.5 Å². The fourth-order valence-electron chi connectivity index (χ4n) is 4.22. The van der Waals surface area contributed by atoms with Crippen molar-refractivity contribution in [3.05, 3.63) is 10.7 Å². The number of anilines is 1. The fourth-order valence-corrected chi connectivity index (χ4v) is 4.43. The van der Waals surface area contributed by atoms with Gasteiger partial charge < -0.3 is 23.7 Å². The third kappa shape index (κ3) is 7.22. The highest BCUT2D eigenvalue weighted by Crippen LogP contribution is 2.42. The molecule has 0 amide bonds. The molecule has 0 aliphatic carbocycles. The molecule has 41 heavy (non-hydrogen) atoms. The Morgan fingerprint density at radius 1 is 0.927 bits per heavy atom. The molecule has 1 aliphatic rings. The zero-order valence-electron chi connectivity index (χ0n) is 23.2. The molecule has 1 N–H and O–H groups in total. The van der Waals surface area contributed by atoms with E-state index in [2.05, 4.69) is 26.0 Å². The van der Waals surface area contributed by atoms with Crippen molar-refractivity contribution in [3.63, 3.8) is 0 Å². The lowest BCUT2D eigenvalue weighted by Gasteiger charge is -2.33. The zero-order valence-corrected chi connectivity index (χ0v) is 24.0. The molecule has 1 aliphatic heterocycles. The van der Waals surface area contributed by atoms with Crippen LogP contribution in [-0.2, 0) is 53.2 Å². The largest absolute Gasteiger partial charge is 0.462 e. The number of hydrazine groups is 1. The summed E-state index contributed by atoms with van der Waals surface area (Å²) < 4.78 is 29.4. The average Bonchev–Trinajstić information content (AvgIpc) is 3.39. The number of ether oxygens (including phenoxy) is 5. The van der Waals surface area contributed by atoms with Gasteiger partial charge in [0.25, 0.3) is 0 Å². The molecule has 0 saturated heterocycles. The Kier molecular flexibility index (Phi) is 9.42. The minimum absolute atomic E-state index is 0.0263. The van der Waals surface area contributed by atoms with Gasteiger partial charge in [-0.3, -0.25) is 24.0 Å². The summed E-state index contributed by atoms with van der Waals surface area (Å²) in [6.07, 6.45) is -4.81. The van der Waals surface area contributed by atoms with E-state index in [1.807, 2.05) is 0 Å². The van der Waals surface area contributed by atoms with Crippen molar-refractivity contribution in [2.45, 2.75) is 78.4 Å². The molecule has 0 spiro atoms. The molecule has 0 bridgehead atoms. The van der Waals surface area contributed by atoms with Crippen LogP contribution in [-0.4, -0.2) is 97.0 Å². The second-order valence-corrected chi connectivity index (χ2v) is 9.75. The fraction of sp³-hybridized carbons (Fsp3) is 0.565. The minimum atomic E-state index is -1.61. The molecular formula is C23H29ClN7O10+. The smallest absolute Gasteiger partial charge is 0.303 e. The highest BCUT2D eigenvalue weighted by atomic mass is 35.5. The van der Waals surface area contributed by atoms with Crippen molar-refractivity contribution in [1.82, 2.24) is 25.3 Å². The number of fused-ring (bicyclic) bond motifs is 3. The van der Waals surface area contributed by atoms with Gasteiger partial charge in [-0.2, -0.15) is 5.43 Å². The summed E-state index contributed by atoms with van der Waals surface area (Å²) in [5.41, 5.74) is 3.24. The second-order valence-electron chi connectivity index (χ2n) is 9.40. The number of hydrogen-bond donors (Lipinski definition) is 1. The van der Waals surface area contributed by atoms with Crippen LogP contribution in [0.25, 0.3) is 5.65 Å². The summed E-state index contributed by atoms with van der Waals surface area (Å²) in [7, 11) is 0. The van der Waals surface area contributed by atoms with Crippen molar-refractivity contribution in [3.8, 4) is 0 Å². The van der Waals surface area contributed by atoms with Crippen LogP contribution in [0.1, 0.15) is 54.0 Å². The summed E-state index contributed by atoms with van der Waals surface area (Å²) in [6.45, 7) is 8.40. The number of carbonyl (C=O) groups excluding carboxylic acids is 5. The van der Waals surface area contributed by atoms with E-state index in [-0.39, 0.29) is 10.8 Å². The first-order valence-electron chi connectivity index (χ1n) is 12.1. The van der Waals surface area contributed by atoms with Gasteiger partial charge in [0.05, 0.1) is 0 Å². The summed E-state index contributed by atoms with van der Waals surface area (Å²) in [4.78, 5) is 60.1. The summed E-state index contributed by atoms with van der Waals surface area (Å²) in [5.74, 6) is -4.06. The van der Waals surface area contributed by atoms with Crippen LogP contribution < -0.4 is 5.43 Å². The van der Waals surface area contributed by atoms with Crippen LogP contribution >= 0.6 is 11.6 Å². The maximum absolute atomic E-state index is 12.3. The van der Waals surface area contributed by atoms with E-state index in [0.717, 1.165) is 39.2 Å². The molecule has 0 aromatic carbocycles. The van der Waals surface area contributed by atoms with Crippen LogP contribution in [0.3, 0.4) is 0 Å². The van der Waals surface area contributed by atoms with E-state index < -0.39 is 66.4 Å². The highest BCUT2D eigenvalue weighted by molar-refractivity contribution is 6.32. The van der Waals surface area contributed by atoms with Crippen LogP contribution in [0.4, 0.5) is 5.69 Å². The topological polar surface area (TPSA) is 203 Å². The molecule has 3 heterocycles. The Hall–Kier alpha value is -4.41. The van der Waals surface area contributed by atoms with E-state index in [1.54, 1.807) is 13.8 Å². The van der Waals surface area contributed by atoms with E-state index >= 15 is 0 Å². The molecule has 0 saturated carbocycles. The van der Waals surface area contributed by atoms with Gasteiger partial charge in [-0.05, 0) is 10.4 Å². The number of rotatable bonds is 10. The Morgan fingerprint density at radius 3 is 2.07 bits per heavy atom. The quantitative estimate of drug-likeness (QED) is 0.219. The highest BCUT2D eigenvalue weighted by Gasteiger charge is 2.51. The third-order valence-corrected chi connectivity index (χ3v) is 6.01. The molecule has 17 nitrogen and oxygen atoms in total. The average molecular weight is 599 g/mol. The monoisotopic (exact) mass is 598 g/mol. The summed E-state index contributed by atoms with van der Waals surface area (Å²) in [6, 6.07) is 0. The molecule has 0 radical (unpaired) electrons. The lowest BCUT2D eigenvalue weighted by molar-refractivity contribution is -0.571. The number of esters is 5. The van der Waals surface area contributed by atoms with Crippen molar-refractivity contribution in [1.29, 1.82) is 0 Å². The first-order chi connectivity index (χ1) is 19.1. The van der Waals surface area contributed by atoms with Crippen molar-refractivity contribution >= 4 is 59.0 Å². The number of hydrogen-bond acceptors (Lipinski definition) is 15. The molecule has 2 aromatic rings. The molecule has 18 heteroatoms. The molecular weight excluding hydrogens is 570 g/mol. The van der Waals surface area contributed by atoms with Gasteiger partial charge in [0, 0.05) is 48.5 Å². The molecule has 2 aromatic heterocycles. The van der Waals surface area contributed by atoms with Gasteiger partial charge in [0.15, 0.2) is 23.5 Å². The maximum Gasteiger partial charge on any atom is 0.303 e. The van der Waals surface area contributed by atoms with E-state index in [4.69, 9.17) is 35.3 Å². The minimum Gasteiger partial charge on any atom is -0.462 e. The predicted molar refractivity (Wildman–Crippen MR) is 135 cm³/mol. The van der Waals surface area contributed by atoms with Crippen LogP contribution in [0.2, 0.25) is 5.15 Å². The summed E-state index contributed by atoms with van der Waals surface area (Å²) >= 11 is 6.38. The molecule has 3 rings (SSSR count). The number of carbonyl (C=O) groups is 5. The third-order valence-electron chi connectivity index (χ3n) is 5.75. The van der Waals surface area contributed by atoms with Gasteiger partial charge in [0.1, 0.15) is 17.9 Å². The Labute approximate surface area is 238 Å². The van der Waals surface area contributed by atoms with Crippen LogP contribution in [0, 0.1) is 0 Å². The predicted octanol–water partition coefficient (Wildman–Crippen LogP) is 0.122. The molecule has 0 unspecified atom stereocenters. The number of nitrogens with zero attached hydrogens (tertiary/aromatic N) is 6. The Bertz CT molecular complexity index is 1410. The van der Waals surface area contributed by atoms with Crippen LogP contribution in [0.5, 0.6) is 0 Å². The first-order valence-corrected chi connectivity index (χ1v) is 12.5. The Balaban J connectivity index is 2.17. The number of nitrogens with one attached hydrogen (secondary N) is 1. The number of hydrazone groups is 1. The van der Waals surface area contributed by atoms with Crippen molar-refractivity contribution in [2.75, 3.05) is 12.0 Å². The van der Waals surface area contributed by atoms with Gasteiger partial charge in [0.2, 0.25) is 23.5 Å². The second kappa shape index (κ2) is 12.4. The van der Waals surface area contributed by atoms with Crippen molar-refractivity contribution in [2.24, 2.45) is 0 Å². The zero-order chi connectivity index (χ0) is 30.6. The molecule has 222 valence electrons. The summed E-state index contributed by atoms with van der Waals surface area (Å²) in [5, 5.41) is 15.5. The van der Waals surface area contributed by atoms with Crippen LogP contribution in [0.15, 0.2) is 0 Å². The van der Waals surface area contributed by atoms with E-state index in [0.29, 0.717) is 11.3 Å². The number of halogens is 1. The Morgan fingerprint density at radius 2 is 1.51 bits per heavy atom. The van der Waals surface area contributed by atoms with Gasteiger partial charge in [-0.25, -0.2) is 0 Å². The first kappa shape index (κ1) is 31.1. The maximum atomic E-state index is 12.3. The van der Waals surface area contributed by atoms with Gasteiger partial charge in [-0.1, -0.05) is 11.6 Å². The van der Waals surface area contributed by atoms with E-state index in [9.17, 15) is 24.0 Å². The SMILES string of the molecule is CC(=O)OC[C@@H](OC(C)=O)[C@H](OC(C)=O)[C@H](OC(C)=O)[C@H](/C=[N+]1/Nc2c(Cl)nn3nnnc3c2C1(C)C)OC(C)=O. The number of tetrazole rings is 1. The lowest BCUT2D eigenvalue weighted by Crippen LogP contribution is -2.54. The standard InChI is InChI=1S/C23H29ClN7O10/c1-10(32)37-9-16(39-12(3)34)20(41-14(5)36)19(40-13(4)35)15(38-11(2)33)8-30-23(6,7)17-18(26-30)21(24)27-31-22(17)25-28-29-31/h8,15-16,19-20,26H,9H2,1-7H3/q+1/b30-8+/t15-,16+,19+,20-/m0/s1. The lowest BCUT2D eigenvalue weighted by atomic mass is 9.96. The molecule has 4 atom stereocenters. The van der Waals surface area contributed by atoms with Crippen molar-refractivity contribution < 1.29 is 52.3 Å². The molecule has 0 fully saturated rings. The van der Waals surface area contributed by atoms with Gasteiger partial charge >= 0.3 is 29.8 Å². The van der Waals surface area contributed by atoms with E-state index in [1.165, 1.54) is 10.9 Å². The normalized spacial score (nSPS) is 17.4.